The van der Waals surface area contributed by atoms with E-state index in [9.17, 15) is 9.59 Å². The average Bonchev–Trinajstić information content (AvgIpc) is 2.67. The number of carbonyl (C=O) groups is 2. The molecule has 0 aromatic heterocycles. The van der Waals surface area contributed by atoms with Crippen molar-refractivity contribution in [1.29, 1.82) is 0 Å². The van der Waals surface area contributed by atoms with Gasteiger partial charge >= 0.3 is 11.9 Å². The van der Waals surface area contributed by atoms with Crippen LogP contribution in [0.2, 0.25) is 0 Å². The minimum Gasteiger partial charge on any atom is -0.466 e. The van der Waals surface area contributed by atoms with Crippen LogP contribution in [0.1, 0.15) is 49.3 Å². The zero-order chi connectivity index (χ0) is 21.4. The van der Waals surface area contributed by atoms with Gasteiger partial charge in [0, 0.05) is 6.08 Å². The molecule has 0 fully saturated rings. The number of rotatable bonds is 3. The van der Waals surface area contributed by atoms with Crippen molar-refractivity contribution in [2.45, 2.75) is 41.5 Å². The zero-order valence-corrected chi connectivity index (χ0v) is 18.1. The standard InChI is InChI=1S/C13H16O2.C11H14O2/c1-9-7-12(5-6-13(14)15-4)8-10(2)11(9)3;1-7-5-10(11(12)13-4)6-8(2)9(7)3/h5-8H,1-4H3;5-6H,1-4H3/b6-5+;. The number of benzene rings is 2. The topological polar surface area (TPSA) is 52.6 Å². The van der Waals surface area contributed by atoms with E-state index in [-0.39, 0.29) is 11.9 Å². The fraction of sp³-hybridized carbons (Fsp3) is 0.333. The summed E-state index contributed by atoms with van der Waals surface area (Å²) in [6.07, 6.45) is 3.20. The minimum absolute atomic E-state index is 0.272. The largest absolute Gasteiger partial charge is 0.466 e. The molecule has 0 atom stereocenters. The van der Waals surface area contributed by atoms with Gasteiger partial charge < -0.3 is 9.47 Å². The molecule has 4 nitrogen and oxygen atoms in total. The molecular formula is C24H30O4. The van der Waals surface area contributed by atoms with Gasteiger partial charge in [0.25, 0.3) is 0 Å². The van der Waals surface area contributed by atoms with Gasteiger partial charge in [-0.05, 0) is 98.7 Å². The van der Waals surface area contributed by atoms with Gasteiger partial charge in [0.1, 0.15) is 0 Å². The van der Waals surface area contributed by atoms with Gasteiger partial charge in [0.05, 0.1) is 19.8 Å². The van der Waals surface area contributed by atoms with Crippen molar-refractivity contribution in [2.75, 3.05) is 14.2 Å². The second kappa shape index (κ2) is 10.5. The van der Waals surface area contributed by atoms with Crippen molar-refractivity contribution in [3.05, 3.63) is 74.8 Å². The summed E-state index contributed by atoms with van der Waals surface area (Å²) in [5, 5.41) is 0. The Morgan fingerprint density at radius 1 is 0.714 bits per heavy atom. The Kier molecular flexibility index (Phi) is 8.65. The molecule has 0 aliphatic carbocycles. The van der Waals surface area contributed by atoms with Gasteiger partial charge in [-0.1, -0.05) is 12.1 Å². The maximum Gasteiger partial charge on any atom is 0.337 e. The highest BCUT2D eigenvalue weighted by molar-refractivity contribution is 5.90. The number of esters is 2. The predicted molar refractivity (Wildman–Crippen MR) is 114 cm³/mol. The van der Waals surface area contributed by atoms with Crippen molar-refractivity contribution in [3.8, 4) is 0 Å². The monoisotopic (exact) mass is 382 g/mol. The van der Waals surface area contributed by atoms with Crippen molar-refractivity contribution < 1.29 is 19.1 Å². The van der Waals surface area contributed by atoms with Gasteiger partial charge in [0.15, 0.2) is 0 Å². The molecule has 0 spiro atoms. The molecule has 4 heteroatoms. The summed E-state index contributed by atoms with van der Waals surface area (Å²) in [5.41, 5.74) is 8.90. The molecule has 0 amide bonds. The van der Waals surface area contributed by atoms with Gasteiger partial charge in [-0.3, -0.25) is 0 Å². The maximum absolute atomic E-state index is 11.2. The first kappa shape index (κ1) is 23.2. The van der Waals surface area contributed by atoms with Crippen LogP contribution in [-0.2, 0) is 14.3 Å². The number of aryl methyl sites for hydroxylation is 4. The smallest absolute Gasteiger partial charge is 0.337 e. The van der Waals surface area contributed by atoms with Gasteiger partial charge in [-0.15, -0.1) is 0 Å². The molecule has 0 unspecified atom stereocenters. The molecule has 28 heavy (non-hydrogen) atoms. The van der Waals surface area contributed by atoms with Crippen LogP contribution < -0.4 is 0 Å². The second-order valence-electron chi connectivity index (χ2n) is 6.86. The quantitative estimate of drug-likeness (QED) is 0.541. The number of hydrogen-bond donors (Lipinski definition) is 0. The third-order valence-corrected chi connectivity index (χ3v) is 4.91. The number of methoxy groups -OCH3 is 2. The molecule has 2 aromatic rings. The summed E-state index contributed by atoms with van der Waals surface area (Å²) in [7, 11) is 2.77. The lowest BCUT2D eigenvalue weighted by atomic mass is 10.0. The minimum atomic E-state index is -0.328. The number of hydrogen-bond acceptors (Lipinski definition) is 4. The lowest BCUT2D eigenvalue weighted by Crippen LogP contribution is -2.03. The lowest BCUT2D eigenvalue weighted by Gasteiger charge is -2.07. The summed E-state index contributed by atoms with van der Waals surface area (Å²) in [6, 6.07) is 7.83. The van der Waals surface area contributed by atoms with E-state index in [0.29, 0.717) is 5.56 Å². The van der Waals surface area contributed by atoms with E-state index in [1.54, 1.807) is 6.08 Å². The first-order valence-electron chi connectivity index (χ1n) is 9.10. The third-order valence-electron chi connectivity index (χ3n) is 4.91. The van der Waals surface area contributed by atoms with Crippen LogP contribution >= 0.6 is 0 Å². The fourth-order valence-corrected chi connectivity index (χ4v) is 2.67. The Morgan fingerprint density at radius 3 is 1.54 bits per heavy atom. The number of ether oxygens (including phenoxy) is 2. The highest BCUT2D eigenvalue weighted by Gasteiger charge is 2.08. The predicted octanol–water partition coefficient (Wildman–Crippen LogP) is 5.20. The third kappa shape index (κ3) is 6.38. The molecule has 2 rings (SSSR count). The lowest BCUT2D eigenvalue weighted by molar-refractivity contribution is -0.134. The molecule has 0 saturated heterocycles. The molecule has 0 radical (unpaired) electrons. The van der Waals surface area contributed by atoms with Crippen molar-refractivity contribution in [1.82, 2.24) is 0 Å². The van der Waals surface area contributed by atoms with Gasteiger partial charge in [0.2, 0.25) is 0 Å². The van der Waals surface area contributed by atoms with Crippen LogP contribution in [-0.4, -0.2) is 26.2 Å². The van der Waals surface area contributed by atoms with Crippen molar-refractivity contribution >= 4 is 18.0 Å². The van der Waals surface area contributed by atoms with Crippen LogP contribution in [0.25, 0.3) is 6.08 Å². The average molecular weight is 383 g/mol. The summed E-state index contributed by atoms with van der Waals surface area (Å²) < 4.78 is 9.18. The highest BCUT2D eigenvalue weighted by atomic mass is 16.5. The second-order valence-corrected chi connectivity index (χ2v) is 6.86. The Labute approximate surface area is 168 Å². The van der Waals surface area contributed by atoms with E-state index in [1.165, 1.54) is 42.5 Å². The van der Waals surface area contributed by atoms with E-state index in [2.05, 4.69) is 42.4 Å². The normalized spacial score (nSPS) is 10.3. The Morgan fingerprint density at radius 2 is 1.14 bits per heavy atom. The fourth-order valence-electron chi connectivity index (χ4n) is 2.67. The Bertz CT molecular complexity index is 845. The van der Waals surface area contributed by atoms with Crippen LogP contribution in [0, 0.1) is 41.5 Å². The summed E-state index contributed by atoms with van der Waals surface area (Å²) in [5.74, 6) is -0.600. The molecule has 150 valence electrons. The summed E-state index contributed by atoms with van der Waals surface area (Å²) in [4.78, 5) is 22.1. The summed E-state index contributed by atoms with van der Waals surface area (Å²) >= 11 is 0. The SMILES string of the molecule is COC(=O)/C=C/c1cc(C)c(C)c(C)c1.COC(=O)c1cc(C)c(C)c(C)c1. The van der Waals surface area contributed by atoms with E-state index >= 15 is 0 Å². The van der Waals surface area contributed by atoms with Gasteiger partial charge in [-0.2, -0.15) is 0 Å². The first-order chi connectivity index (χ1) is 13.1. The molecule has 0 bridgehead atoms. The van der Waals surface area contributed by atoms with E-state index in [1.807, 2.05) is 32.9 Å². The van der Waals surface area contributed by atoms with Crippen LogP contribution in [0.5, 0.6) is 0 Å². The van der Waals surface area contributed by atoms with Crippen LogP contribution in [0.15, 0.2) is 30.3 Å². The molecule has 0 aliphatic heterocycles. The van der Waals surface area contributed by atoms with Crippen molar-refractivity contribution in [2.24, 2.45) is 0 Å². The van der Waals surface area contributed by atoms with Crippen LogP contribution in [0.4, 0.5) is 0 Å². The van der Waals surface area contributed by atoms with Crippen molar-refractivity contribution in [3.63, 3.8) is 0 Å². The number of carbonyl (C=O) groups excluding carboxylic acids is 2. The van der Waals surface area contributed by atoms with Gasteiger partial charge in [-0.25, -0.2) is 9.59 Å². The van der Waals surface area contributed by atoms with E-state index in [4.69, 9.17) is 0 Å². The Balaban J connectivity index is 0.000000283. The van der Waals surface area contributed by atoms with E-state index < -0.39 is 0 Å². The zero-order valence-electron chi connectivity index (χ0n) is 18.1. The molecular weight excluding hydrogens is 352 g/mol. The summed E-state index contributed by atoms with van der Waals surface area (Å²) in [6.45, 7) is 12.3. The Hall–Kier alpha value is -2.88. The highest BCUT2D eigenvalue weighted by Crippen LogP contribution is 2.17. The maximum atomic E-state index is 11.2. The first-order valence-corrected chi connectivity index (χ1v) is 9.10. The molecule has 2 aromatic carbocycles. The molecule has 0 saturated carbocycles. The molecule has 0 heterocycles. The molecule has 0 N–H and O–H groups in total. The van der Waals surface area contributed by atoms with Crippen LogP contribution in [0.3, 0.4) is 0 Å². The van der Waals surface area contributed by atoms with E-state index in [0.717, 1.165) is 16.7 Å². The molecule has 0 aliphatic rings.